The molecule has 1 amide bonds. The number of rotatable bonds is 3. The Morgan fingerprint density at radius 2 is 1.83 bits per heavy atom. The normalized spacial score (nSPS) is 10.7. The maximum Gasteiger partial charge on any atom is 0.257 e. The lowest BCUT2D eigenvalue weighted by Crippen LogP contribution is -2.34. The van der Waals surface area contributed by atoms with E-state index < -0.39 is 0 Å². The first-order chi connectivity index (χ1) is 14.0. The van der Waals surface area contributed by atoms with Gasteiger partial charge < -0.3 is 9.73 Å². The standard InChI is InChI=1S/C22H16BrN3O2S/c1-13-6-2-3-7-15(13)20(27)26-22(29)24-14-10-11-19-18(12-14)25-21(28-19)16-8-4-5-9-17(16)23/h2-12H,1H3,(H2,24,26,27,29). The fraction of sp³-hybridized carbons (Fsp3) is 0.0455. The number of carbonyl (C=O) groups is 1. The molecule has 0 spiro atoms. The SMILES string of the molecule is Cc1ccccc1C(=O)NC(=S)Nc1ccc2oc(-c3ccccc3Br)nc2c1. The smallest absolute Gasteiger partial charge is 0.257 e. The van der Waals surface area contributed by atoms with Crippen molar-refractivity contribution in [2.75, 3.05) is 5.32 Å². The number of aromatic nitrogens is 1. The molecule has 4 rings (SSSR count). The summed E-state index contributed by atoms with van der Waals surface area (Å²) in [5.41, 5.74) is 4.40. The Morgan fingerprint density at radius 3 is 2.62 bits per heavy atom. The molecule has 0 aliphatic rings. The second-order valence-corrected chi connectivity index (χ2v) is 7.67. The number of oxazole rings is 1. The minimum absolute atomic E-state index is 0.215. The maximum atomic E-state index is 12.4. The zero-order chi connectivity index (χ0) is 20.4. The van der Waals surface area contributed by atoms with Gasteiger partial charge in [0.2, 0.25) is 5.89 Å². The van der Waals surface area contributed by atoms with Crippen LogP contribution in [-0.4, -0.2) is 16.0 Å². The lowest BCUT2D eigenvalue weighted by atomic mass is 10.1. The van der Waals surface area contributed by atoms with Gasteiger partial charge in [0.1, 0.15) is 5.52 Å². The average Bonchev–Trinajstić information content (AvgIpc) is 3.11. The summed E-state index contributed by atoms with van der Waals surface area (Å²) in [6.07, 6.45) is 0. The third-order valence-electron chi connectivity index (χ3n) is 4.37. The van der Waals surface area contributed by atoms with Crippen LogP contribution in [0, 0.1) is 6.92 Å². The lowest BCUT2D eigenvalue weighted by Gasteiger charge is -2.10. The van der Waals surface area contributed by atoms with Crippen LogP contribution in [0.4, 0.5) is 5.69 Å². The van der Waals surface area contributed by atoms with E-state index >= 15 is 0 Å². The van der Waals surface area contributed by atoms with Crippen molar-refractivity contribution in [3.05, 3.63) is 82.3 Å². The van der Waals surface area contributed by atoms with E-state index in [1.165, 1.54) is 0 Å². The Bertz CT molecular complexity index is 1240. The van der Waals surface area contributed by atoms with Crippen LogP contribution in [-0.2, 0) is 0 Å². The van der Waals surface area contributed by atoms with Gasteiger partial charge in [-0.25, -0.2) is 4.98 Å². The second kappa shape index (κ2) is 8.14. The predicted octanol–water partition coefficient (Wildman–Crippen LogP) is 5.69. The monoisotopic (exact) mass is 465 g/mol. The summed E-state index contributed by atoms with van der Waals surface area (Å²) in [7, 11) is 0. The fourth-order valence-corrected chi connectivity index (χ4v) is 3.58. The van der Waals surface area contributed by atoms with Gasteiger partial charge in [-0.3, -0.25) is 10.1 Å². The first-order valence-electron chi connectivity index (χ1n) is 8.85. The Morgan fingerprint density at radius 1 is 1.07 bits per heavy atom. The van der Waals surface area contributed by atoms with E-state index in [0.717, 1.165) is 15.6 Å². The summed E-state index contributed by atoms with van der Waals surface area (Å²) < 4.78 is 6.77. The molecule has 2 N–H and O–H groups in total. The number of carbonyl (C=O) groups excluding carboxylic acids is 1. The minimum Gasteiger partial charge on any atom is -0.436 e. The summed E-state index contributed by atoms with van der Waals surface area (Å²) in [6.45, 7) is 1.88. The molecule has 1 aromatic heterocycles. The number of fused-ring (bicyclic) bond motifs is 1. The Balaban J connectivity index is 1.51. The molecule has 3 aromatic carbocycles. The fourth-order valence-electron chi connectivity index (χ4n) is 2.92. The Hall–Kier alpha value is -3.03. The van der Waals surface area contributed by atoms with E-state index in [4.69, 9.17) is 16.6 Å². The van der Waals surface area contributed by atoms with Crippen molar-refractivity contribution in [3.8, 4) is 11.5 Å². The predicted molar refractivity (Wildman–Crippen MR) is 122 cm³/mol. The van der Waals surface area contributed by atoms with Crippen molar-refractivity contribution in [3.63, 3.8) is 0 Å². The van der Waals surface area contributed by atoms with Crippen molar-refractivity contribution in [2.45, 2.75) is 6.92 Å². The van der Waals surface area contributed by atoms with E-state index in [9.17, 15) is 4.79 Å². The summed E-state index contributed by atoms with van der Waals surface area (Å²) >= 11 is 8.80. The van der Waals surface area contributed by atoms with Crippen LogP contribution in [0.1, 0.15) is 15.9 Å². The van der Waals surface area contributed by atoms with Crippen molar-refractivity contribution in [1.29, 1.82) is 0 Å². The summed E-state index contributed by atoms with van der Waals surface area (Å²) in [4.78, 5) is 17.0. The van der Waals surface area contributed by atoms with Crippen molar-refractivity contribution < 1.29 is 9.21 Å². The molecule has 29 heavy (non-hydrogen) atoms. The Labute approximate surface area is 181 Å². The van der Waals surface area contributed by atoms with Gasteiger partial charge in [0.05, 0.1) is 5.56 Å². The Kier molecular flexibility index (Phi) is 5.42. The number of halogens is 1. The number of amides is 1. The van der Waals surface area contributed by atoms with Gasteiger partial charge in [0.25, 0.3) is 5.91 Å². The molecule has 0 radical (unpaired) electrons. The molecule has 0 atom stereocenters. The van der Waals surface area contributed by atoms with Crippen molar-refractivity contribution in [1.82, 2.24) is 10.3 Å². The van der Waals surface area contributed by atoms with E-state index in [-0.39, 0.29) is 11.0 Å². The van der Waals surface area contributed by atoms with Crippen LogP contribution in [0.2, 0.25) is 0 Å². The first-order valence-corrected chi connectivity index (χ1v) is 10.0. The molecule has 0 aliphatic heterocycles. The van der Waals surface area contributed by atoms with E-state index in [1.54, 1.807) is 6.07 Å². The molecule has 0 saturated heterocycles. The molecule has 4 aromatic rings. The molecular weight excluding hydrogens is 450 g/mol. The number of nitrogens with zero attached hydrogens (tertiary/aromatic N) is 1. The van der Waals surface area contributed by atoms with Crippen LogP contribution in [0.25, 0.3) is 22.6 Å². The highest BCUT2D eigenvalue weighted by Crippen LogP contribution is 2.30. The van der Waals surface area contributed by atoms with Gasteiger partial charge in [-0.2, -0.15) is 0 Å². The molecule has 7 heteroatoms. The highest BCUT2D eigenvalue weighted by atomic mass is 79.9. The highest BCUT2D eigenvalue weighted by Gasteiger charge is 2.13. The zero-order valence-electron chi connectivity index (χ0n) is 15.4. The van der Waals surface area contributed by atoms with Crippen molar-refractivity contribution in [2.24, 2.45) is 0 Å². The molecule has 0 saturated carbocycles. The van der Waals surface area contributed by atoms with Gasteiger partial charge in [-0.1, -0.05) is 30.3 Å². The molecule has 5 nitrogen and oxygen atoms in total. The van der Waals surface area contributed by atoms with Gasteiger partial charge >= 0.3 is 0 Å². The summed E-state index contributed by atoms with van der Waals surface area (Å²) in [5, 5.41) is 5.94. The van der Waals surface area contributed by atoms with Gasteiger partial charge in [0, 0.05) is 15.7 Å². The third kappa shape index (κ3) is 4.21. The number of hydrogen-bond donors (Lipinski definition) is 2. The van der Waals surface area contributed by atoms with E-state index in [1.807, 2.05) is 67.6 Å². The van der Waals surface area contributed by atoms with Crippen LogP contribution in [0.3, 0.4) is 0 Å². The molecule has 0 bridgehead atoms. The molecule has 0 unspecified atom stereocenters. The lowest BCUT2D eigenvalue weighted by molar-refractivity contribution is 0.0977. The maximum absolute atomic E-state index is 12.4. The first kappa shape index (κ1) is 19.3. The van der Waals surface area contributed by atoms with Crippen LogP contribution >= 0.6 is 28.1 Å². The minimum atomic E-state index is -0.251. The number of anilines is 1. The average molecular weight is 466 g/mol. The van der Waals surface area contributed by atoms with E-state index in [2.05, 4.69) is 31.5 Å². The van der Waals surface area contributed by atoms with Crippen LogP contribution in [0.15, 0.2) is 75.6 Å². The van der Waals surface area contributed by atoms with Gasteiger partial charge in [0.15, 0.2) is 10.7 Å². The van der Waals surface area contributed by atoms with Gasteiger partial charge in [-0.05, 0) is 77.0 Å². The molecule has 0 fully saturated rings. The van der Waals surface area contributed by atoms with E-state index in [0.29, 0.717) is 28.2 Å². The molecule has 144 valence electrons. The summed E-state index contributed by atoms with van der Waals surface area (Å²) in [6, 6.07) is 20.5. The largest absolute Gasteiger partial charge is 0.436 e. The zero-order valence-corrected chi connectivity index (χ0v) is 17.8. The van der Waals surface area contributed by atoms with Gasteiger partial charge in [-0.15, -0.1) is 0 Å². The number of aryl methyl sites for hydroxylation is 1. The molecule has 0 aliphatic carbocycles. The summed E-state index contributed by atoms with van der Waals surface area (Å²) in [5.74, 6) is 0.277. The quantitative estimate of drug-likeness (QED) is 0.380. The second-order valence-electron chi connectivity index (χ2n) is 6.40. The number of benzene rings is 3. The number of nitrogens with one attached hydrogen (secondary N) is 2. The number of thiocarbonyl (C=S) groups is 1. The highest BCUT2D eigenvalue weighted by molar-refractivity contribution is 9.10. The number of hydrogen-bond acceptors (Lipinski definition) is 4. The van der Waals surface area contributed by atoms with Crippen LogP contribution < -0.4 is 10.6 Å². The third-order valence-corrected chi connectivity index (χ3v) is 5.26. The van der Waals surface area contributed by atoms with Crippen molar-refractivity contribution >= 4 is 56.0 Å². The molecular formula is C22H16BrN3O2S. The van der Waals surface area contributed by atoms with Crippen LogP contribution in [0.5, 0.6) is 0 Å². The topological polar surface area (TPSA) is 67.2 Å². The molecule has 1 heterocycles.